The number of nitrogens with two attached hydrogens (primary N) is 1. The van der Waals surface area contributed by atoms with Crippen molar-refractivity contribution in [1.82, 2.24) is 4.90 Å². The van der Waals surface area contributed by atoms with Crippen LogP contribution in [0, 0.1) is 5.41 Å². The van der Waals surface area contributed by atoms with Gasteiger partial charge in [-0.15, -0.1) is 0 Å². The molecule has 0 aromatic carbocycles. The SMILES string of the molecule is CCCC(N)C(CO)N(C)CC(C)(C)C. The van der Waals surface area contributed by atoms with Crippen LogP contribution in [0.5, 0.6) is 0 Å². The van der Waals surface area contributed by atoms with E-state index < -0.39 is 0 Å². The molecule has 0 fully saturated rings. The summed E-state index contributed by atoms with van der Waals surface area (Å²) in [6.45, 7) is 9.82. The van der Waals surface area contributed by atoms with Gasteiger partial charge in [-0.3, -0.25) is 4.90 Å². The van der Waals surface area contributed by atoms with E-state index in [9.17, 15) is 5.11 Å². The van der Waals surface area contributed by atoms with Gasteiger partial charge >= 0.3 is 0 Å². The predicted octanol–water partition coefficient (Wildman–Crippen LogP) is 1.45. The van der Waals surface area contributed by atoms with Gasteiger partial charge in [0, 0.05) is 18.6 Å². The van der Waals surface area contributed by atoms with Crippen molar-refractivity contribution in [2.24, 2.45) is 11.1 Å². The van der Waals surface area contributed by atoms with Crippen molar-refractivity contribution >= 4 is 0 Å². The number of aliphatic hydroxyl groups is 1. The fourth-order valence-electron chi connectivity index (χ4n) is 1.99. The molecule has 0 aliphatic rings. The topological polar surface area (TPSA) is 49.5 Å². The maximum absolute atomic E-state index is 9.37. The molecule has 15 heavy (non-hydrogen) atoms. The molecule has 0 amide bonds. The first kappa shape index (κ1) is 14.9. The monoisotopic (exact) mass is 216 g/mol. The van der Waals surface area contributed by atoms with Gasteiger partial charge in [-0.05, 0) is 18.9 Å². The first-order chi connectivity index (χ1) is 6.81. The average Bonchev–Trinajstić information content (AvgIpc) is 2.02. The van der Waals surface area contributed by atoms with Crippen LogP contribution in [0.15, 0.2) is 0 Å². The highest BCUT2D eigenvalue weighted by atomic mass is 16.3. The molecular formula is C12H28N2O. The van der Waals surface area contributed by atoms with Crippen molar-refractivity contribution in [3.05, 3.63) is 0 Å². The van der Waals surface area contributed by atoms with Gasteiger partial charge in [0.15, 0.2) is 0 Å². The van der Waals surface area contributed by atoms with Crippen LogP contribution >= 0.6 is 0 Å². The Morgan fingerprint density at radius 3 is 2.20 bits per heavy atom. The van der Waals surface area contributed by atoms with E-state index in [4.69, 9.17) is 5.73 Å². The second kappa shape index (κ2) is 6.46. The molecule has 0 aromatic heterocycles. The van der Waals surface area contributed by atoms with Gasteiger partial charge in [-0.1, -0.05) is 34.1 Å². The third-order valence-electron chi connectivity index (χ3n) is 2.59. The van der Waals surface area contributed by atoms with E-state index in [1.165, 1.54) is 0 Å². The summed E-state index contributed by atoms with van der Waals surface area (Å²) in [6.07, 6.45) is 2.04. The van der Waals surface area contributed by atoms with Gasteiger partial charge in [-0.2, -0.15) is 0 Å². The summed E-state index contributed by atoms with van der Waals surface area (Å²) in [7, 11) is 2.04. The molecule has 0 saturated carbocycles. The van der Waals surface area contributed by atoms with Crippen LogP contribution in [-0.2, 0) is 0 Å². The van der Waals surface area contributed by atoms with Crippen molar-refractivity contribution in [3.63, 3.8) is 0 Å². The Morgan fingerprint density at radius 1 is 1.33 bits per heavy atom. The molecule has 3 N–H and O–H groups in total. The molecule has 0 spiro atoms. The highest BCUT2D eigenvalue weighted by Gasteiger charge is 2.24. The molecule has 0 aliphatic carbocycles. The van der Waals surface area contributed by atoms with Crippen LogP contribution in [0.3, 0.4) is 0 Å². The molecule has 2 unspecified atom stereocenters. The van der Waals surface area contributed by atoms with E-state index in [-0.39, 0.29) is 24.1 Å². The largest absolute Gasteiger partial charge is 0.395 e. The Labute approximate surface area is 94.6 Å². The van der Waals surface area contributed by atoms with Crippen LogP contribution in [0.2, 0.25) is 0 Å². The summed E-state index contributed by atoms with van der Waals surface area (Å²) >= 11 is 0. The van der Waals surface area contributed by atoms with Crippen molar-refractivity contribution in [3.8, 4) is 0 Å². The van der Waals surface area contributed by atoms with Gasteiger partial charge in [0.05, 0.1) is 6.61 Å². The summed E-state index contributed by atoms with van der Waals surface area (Å²) in [5.41, 5.74) is 6.30. The maximum Gasteiger partial charge on any atom is 0.0601 e. The van der Waals surface area contributed by atoms with Crippen LogP contribution in [-0.4, -0.2) is 42.3 Å². The van der Waals surface area contributed by atoms with Crippen molar-refractivity contribution in [2.45, 2.75) is 52.6 Å². The molecular weight excluding hydrogens is 188 g/mol. The molecule has 3 nitrogen and oxygen atoms in total. The summed E-state index contributed by atoms with van der Waals surface area (Å²) in [5, 5.41) is 9.37. The summed E-state index contributed by atoms with van der Waals surface area (Å²) in [4.78, 5) is 2.18. The molecule has 0 radical (unpaired) electrons. The first-order valence-electron chi connectivity index (χ1n) is 5.88. The van der Waals surface area contributed by atoms with Crippen molar-refractivity contribution in [2.75, 3.05) is 20.2 Å². The first-order valence-corrected chi connectivity index (χ1v) is 5.88. The molecule has 0 aliphatic heterocycles. The Hall–Kier alpha value is -0.120. The van der Waals surface area contributed by atoms with E-state index >= 15 is 0 Å². The highest BCUT2D eigenvalue weighted by molar-refractivity contribution is 4.82. The Balaban J connectivity index is 4.27. The van der Waals surface area contributed by atoms with Gasteiger partial charge < -0.3 is 10.8 Å². The molecule has 0 saturated heterocycles. The summed E-state index contributed by atoms with van der Waals surface area (Å²) in [5.74, 6) is 0. The fraction of sp³-hybridized carbons (Fsp3) is 1.00. The van der Waals surface area contributed by atoms with E-state index in [1.54, 1.807) is 0 Å². The van der Waals surface area contributed by atoms with Crippen LogP contribution in [0.4, 0.5) is 0 Å². The highest BCUT2D eigenvalue weighted by Crippen LogP contribution is 2.17. The summed E-state index contributed by atoms with van der Waals surface area (Å²) in [6, 6.07) is 0.163. The van der Waals surface area contributed by atoms with Gasteiger partial charge in [0.2, 0.25) is 0 Å². The molecule has 0 aromatic rings. The molecule has 0 heterocycles. The van der Waals surface area contributed by atoms with Crippen LogP contribution in [0.1, 0.15) is 40.5 Å². The second-order valence-electron chi connectivity index (χ2n) is 5.68. The minimum Gasteiger partial charge on any atom is -0.395 e. The zero-order valence-corrected chi connectivity index (χ0v) is 11.0. The van der Waals surface area contributed by atoms with Gasteiger partial charge in [0.1, 0.15) is 0 Å². The zero-order chi connectivity index (χ0) is 12.1. The lowest BCUT2D eigenvalue weighted by Gasteiger charge is -2.35. The number of rotatable bonds is 6. The van der Waals surface area contributed by atoms with Crippen LogP contribution < -0.4 is 5.73 Å². The minimum absolute atomic E-state index is 0.0762. The van der Waals surface area contributed by atoms with E-state index in [0.717, 1.165) is 19.4 Å². The minimum atomic E-state index is 0.0762. The third-order valence-corrected chi connectivity index (χ3v) is 2.59. The van der Waals surface area contributed by atoms with Crippen molar-refractivity contribution in [1.29, 1.82) is 0 Å². The lowest BCUT2D eigenvalue weighted by molar-refractivity contribution is 0.0951. The Bertz CT molecular complexity index is 165. The van der Waals surface area contributed by atoms with Crippen LogP contribution in [0.25, 0.3) is 0 Å². The number of hydrogen-bond acceptors (Lipinski definition) is 3. The Morgan fingerprint density at radius 2 is 1.87 bits per heavy atom. The smallest absolute Gasteiger partial charge is 0.0601 e. The zero-order valence-electron chi connectivity index (χ0n) is 11.0. The van der Waals surface area contributed by atoms with Crippen molar-refractivity contribution < 1.29 is 5.11 Å². The molecule has 2 atom stereocenters. The molecule has 0 rings (SSSR count). The fourth-order valence-corrected chi connectivity index (χ4v) is 1.99. The number of hydrogen-bond donors (Lipinski definition) is 2. The predicted molar refractivity (Wildman–Crippen MR) is 65.8 cm³/mol. The number of aliphatic hydroxyl groups excluding tert-OH is 1. The van der Waals surface area contributed by atoms with Gasteiger partial charge in [0.25, 0.3) is 0 Å². The lowest BCUT2D eigenvalue weighted by Crippen LogP contribution is -2.50. The van der Waals surface area contributed by atoms with Gasteiger partial charge in [-0.25, -0.2) is 0 Å². The molecule has 0 bridgehead atoms. The quantitative estimate of drug-likeness (QED) is 0.706. The second-order valence-corrected chi connectivity index (χ2v) is 5.68. The average molecular weight is 216 g/mol. The van der Waals surface area contributed by atoms with E-state index in [1.807, 2.05) is 7.05 Å². The van der Waals surface area contributed by atoms with E-state index in [2.05, 4.69) is 32.6 Å². The summed E-state index contributed by atoms with van der Waals surface area (Å²) < 4.78 is 0. The molecule has 92 valence electrons. The molecule has 3 heteroatoms. The van der Waals surface area contributed by atoms with E-state index in [0.29, 0.717) is 0 Å². The number of nitrogens with zero attached hydrogens (tertiary/aromatic N) is 1. The standard InChI is InChI=1S/C12H28N2O/c1-6-7-10(13)11(8-15)14(5)9-12(2,3)4/h10-11,15H,6-9,13H2,1-5H3. The normalized spacial score (nSPS) is 16.8. The maximum atomic E-state index is 9.37. The Kier molecular flexibility index (Phi) is 6.41. The third kappa shape index (κ3) is 6.13. The number of likely N-dealkylation sites (N-methyl/N-ethyl adjacent to an activating group) is 1. The lowest BCUT2D eigenvalue weighted by atomic mass is 9.94.